The van der Waals surface area contributed by atoms with Gasteiger partial charge in [-0.05, 0) is 26.2 Å². The molecule has 7 nitrogen and oxygen atoms in total. The molecule has 0 atom stereocenters. The third-order valence-electron chi connectivity index (χ3n) is 3.18. The molecule has 2 aromatic rings. The summed E-state index contributed by atoms with van der Waals surface area (Å²) in [5, 5.41) is 17.6. The molecular weight excluding hydrogens is 362 g/mol. The molecule has 8 heteroatoms. The lowest BCUT2D eigenvalue weighted by molar-refractivity contribution is -0.159. The lowest BCUT2D eigenvalue weighted by atomic mass is 10.1. The second-order valence-corrected chi connectivity index (χ2v) is 5.87. The minimum Gasteiger partial charge on any atom is -0.491 e. The Kier molecular flexibility index (Phi) is 9.43. The van der Waals surface area contributed by atoms with E-state index in [1.807, 2.05) is 50.5 Å². The molecule has 0 spiro atoms. The molecular formula is C18H22ClNO6. The highest BCUT2D eigenvalue weighted by atomic mass is 35.5. The standard InChI is InChI=1S/C16H20ClNO2.C2H2O4/c1-18(2)9-10-19-11-12-20-16-8-7-15(17)13-5-3-4-6-14(13)16;3-1(4)2(5)6/h3-8H,9-12H2,1-2H3;(H,3,4)(H,5,6). The number of halogens is 1. The van der Waals surface area contributed by atoms with Crippen molar-refractivity contribution in [1.82, 2.24) is 4.90 Å². The Balaban J connectivity index is 0.000000487. The van der Waals surface area contributed by atoms with Gasteiger partial charge in [0, 0.05) is 22.3 Å². The Hall–Kier alpha value is -2.35. The molecule has 0 aliphatic carbocycles. The quantitative estimate of drug-likeness (QED) is 0.560. The molecule has 0 amide bonds. The highest BCUT2D eigenvalue weighted by Crippen LogP contribution is 2.31. The van der Waals surface area contributed by atoms with Crippen molar-refractivity contribution in [3.05, 3.63) is 41.4 Å². The smallest absolute Gasteiger partial charge is 0.414 e. The number of benzene rings is 2. The van der Waals surface area contributed by atoms with Gasteiger partial charge in [0.25, 0.3) is 0 Å². The first-order chi connectivity index (χ1) is 12.3. The van der Waals surface area contributed by atoms with Gasteiger partial charge >= 0.3 is 11.9 Å². The molecule has 0 saturated heterocycles. The van der Waals surface area contributed by atoms with Crippen LogP contribution < -0.4 is 4.74 Å². The van der Waals surface area contributed by atoms with E-state index in [9.17, 15) is 0 Å². The van der Waals surface area contributed by atoms with Crippen molar-refractivity contribution in [3.63, 3.8) is 0 Å². The largest absolute Gasteiger partial charge is 0.491 e. The SMILES string of the molecule is CN(C)CCOCCOc1ccc(Cl)c2ccccc12.O=C(O)C(=O)O. The summed E-state index contributed by atoms with van der Waals surface area (Å²) in [6.07, 6.45) is 0. The van der Waals surface area contributed by atoms with E-state index in [-0.39, 0.29) is 0 Å². The molecule has 2 N–H and O–H groups in total. The summed E-state index contributed by atoms with van der Waals surface area (Å²) in [7, 11) is 4.05. The Labute approximate surface area is 156 Å². The van der Waals surface area contributed by atoms with Gasteiger partial charge in [-0.1, -0.05) is 35.9 Å². The van der Waals surface area contributed by atoms with Crippen LogP contribution in [0.1, 0.15) is 0 Å². The highest BCUT2D eigenvalue weighted by molar-refractivity contribution is 6.35. The molecule has 26 heavy (non-hydrogen) atoms. The lowest BCUT2D eigenvalue weighted by Gasteiger charge is -2.12. The number of likely N-dealkylation sites (N-methyl/N-ethyl adjacent to an activating group) is 1. The molecule has 2 aromatic carbocycles. The van der Waals surface area contributed by atoms with Crippen LogP contribution in [0.3, 0.4) is 0 Å². The van der Waals surface area contributed by atoms with Gasteiger partial charge in [-0.2, -0.15) is 0 Å². The molecule has 0 fully saturated rings. The first kappa shape index (κ1) is 21.7. The molecule has 0 radical (unpaired) electrons. The maximum absolute atomic E-state index is 9.10. The van der Waals surface area contributed by atoms with Crippen molar-refractivity contribution in [2.75, 3.05) is 40.5 Å². The zero-order chi connectivity index (χ0) is 19.5. The lowest BCUT2D eigenvalue weighted by Crippen LogP contribution is -2.19. The number of carbonyl (C=O) groups is 2. The topological polar surface area (TPSA) is 96.3 Å². The van der Waals surface area contributed by atoms with Gasteiger partial charge in [-0.15, -0.1) is 0 Å². The fourth-order valence-electron chi connectivity index (χ4n) is 1.92. The monoisotopic (exact) mass is 383 g/mol. The predicted octanol–water partition coefficient (Wildman–Crippen LogP) is 2.61. The minimum atomic E-state index is -1.82. The summed E-state index contributed by atoms with van der Waals surface area (Å²) >= 11 is 6.18. The summed E-state index contributed by atoms with van der Waals surface area (Å²) in [5.74, 6) is -2.80. The van der Waals surface area contributed by atoms with E-state index in [4.69, 9.17) is 40.9 Å². The number of fused-ring (bicyclic) bond motifs is 1. The highest BCUT2D eigenvalue weighted by Gasteiger charge is 2.05. The number of hydrogen-bond acceptors (Lipinski definition) is 5. The van der Waals surface area contributed by atoms with Gasteiger partial charge in [-0.3, -0.25) is 0 Å². The van der Waals surface area contributed by atoms with Crippen LogP contribution in [0.4, 0.5) is 0 Å². The van der Waals surface area contributed by atoms with Crippen LogP contribution in [-0.4, -0.2) is 67.5 Å². The molecule has 0 bridgehead atoms. The number of ether oxygens (including phenoxy) is 2. The van der Waals surface area contributed by atoms with Gasteiger partial charge in [-0.25, -0.2) is 9.59 Å². The number of hydrogen-bond donors (Lipinski definition) is 2. The fourth-order valence-corrected chi connectivity index (χ4v) is 2.15. The van der Waals surface area contributed by atoms with Crippen molar-refractivity contribution < 1.29 is 29.3 Å². The molecule has 2 rings (SSSR count). The summed E-state index contributed by atoms with van der Waals surface area (Å²) < 4.78 is 11.3. The molecule has 142 valence electrons. The number of rotatable bonds is 7. The van der Waals surface area contributed by atoms with Crippen LogP contribution in [-0.2, 0) is 14.3 Å². The first-order valence-electron chi connectivity index (χ1n) is 7.81. The van der Waals surface area contributed by atoms with Gasteiger partial charge in [0.1, 0.15) is 12.4 Å². The maximum Gasteiger partial charge on any atom is 0.414 e. The van der Waals surface area contributed by atoms with Crippen LogP contribution in [0.2, 0.25) is 5.02 Å². The predicted molar refractivity (Wildman–Crippen MR) is 99.1 cm³/mol. The van der Waals surface area contributed by atoms with E-state index in [1.54, 1.807) is 0 Å². The second-order valence-electron chi connectivity index (χ2n) is 5.47. The van der Waals surface area contributed by atoms with E-state index < -0.39 is 11.9 Å². The minimum absolute atomic E-state index is 0.541. The van der Waals surface area contributed by atoms with Crippen LogP contribution in [0.25, 0.3) is 10.8 Å². The van der Waals surface area contributed by atoms with E-state index >= 15 is 0 Å². The van der Waals surface area contributed by atoms with E-state index in [0.717, 1.165) is 34.7 Å². The summed E-state index contributed by atoms with van der Waals surface area (Å²) in [4.78, 5) is 20.3. The van der Waals surface area contributed by atoms with Crippen molar-refractivity contribution in [1.29, 1.82) is 0 Å². The Morgan fingerprint density at radius 3 is 2.15 bits per heavy atom. The van der Waals surface area contributed by atoms with Crippen LogP contribution in [0.5, 0.6) is 5.75 Å². The van der Waals surface area contributed by atoms with Gasteiger partial charge in [0.15, 0.2) is 0 Å². The Morgan fingerprint density at radius 1 is 0.962 bits per heavy atom. The molecule has 0 heterocycles. The molecule has 0 saturated carbocycles. The third-order valence-corrected chi connectivity index (χ3v) is 3.51. The number of carboxylic acids is 2. The van der Waals surface area contributed by atoms with E-state index in [0.29, 0.717) is 13.2 Å². The molecule has 0 aliphatic rings. The first-order valence-corrected chi connectivity index (χ1v) is 8.19. The van der Waals surface area contributed by atoms with Gasteiger partial charge in [0.05, 0.1) is 13.2 Å². The third kappa shape index (κ3) is 7.69. The number of carboxylic acid groups (broad SMARTS) is 2. The Bertz CT molecular complexity index is 723. The average Bonchev–Trinajstić information content (AvgIpc) is 2.60. The average molecular weight is 384 g/mol. The Morgan fingerprint density at radius 2 is 1.58 bits per heavy atom. The van der Waals surface area contributed by atoms with Crippen LogP contribution in [0, 0.1) is 0 Å². The second kappa shape index (κ2) is 11.3. The molecule has 0 unspecified atom stereocenters. The summed E-state index contributed by atoms with van der Waals surface area (Å²) in [6, 6.07) is 11.7. The van der Waals surface area contributed by atoms with Crippen molar-refractivity contribution >= 4 is 34.3 Å². The van der Waals surface area contributed by atoms with Crippen molar-refractivity contribution in [2.24, 2.45) is 0 Å². The zero-order valence-electron chi connectivity index (χ0n) is 14.6. The summed E-state index contributed by atoms with van der Waals surface area (Å²) in [6.45, 7) is 2.77. The number of aliphatic carboxylic acids is 2. The zero-order valence-corrected chi connectivity index (χ0v) is 15.4. The van der Waals surface area contributed by atoms with E-state index in [1.165, 1.54) is 0 Å². The molecule has 0 aromatic heterocycles. The van der Waals surface area contributed by atoms with Gasteiger partial charge < -0.3 is 24.6 Å². The van der Waals surface area contributed by atoms with Gasteiger partial charge in [0.2, 0.25) is 0 Å². The normalized spacial score (nSPS) is 10.3. The van der Waals surface area contributed by atoms with Crippen LogP contribution >= 0.6 is 11.6 Å². The van der Waals surface area contributed by atoms with Crippen LogP contribution in [0.15, 0.2) is 36.4 Å². The van der Waals surface area contributed by atoms with Crippen molar-refractivity contribution in [2.45, 2.75) is 0 Å². The number of nitrogens with zero attached hydrogens (tertiary/aromatic N) is 1. The van der Waals surface area contributed by atoms with Crippen molar-refractivity contribution in [3.8, 4) is 5.75 Å². The molecule has 0 aliphatic heterocycles. The fraction of sp³-hybridized carbons (Fsp3) is 0.333. The summed E-state index contributed by atoms with van der Waals surface area (Å²) in [5.41, 5.74) is 0. The van der Waals surface area contributed by atoms with E-state index in [2.05, 4.69) is 4.90 Å². The maximum atomic E-state index is 9.10.